The molecule has 1 saturated heterocycles. The van der Waals surface area contributed by atoms with Crippen molar-refractivity contribution in [2.45, 2.75) is 26.2 Å². The smallest absolute Gasteiger partial charge is 0.231 e. The summed E-state index contributed by atoms with van der Waals surface area (Å²) in [5.41, 5.74) is 0.892. The van der Waals surface area contributed by atoms with Gasteiger partial charge in [-0.1, -0.05) is 49.3 Å². The summed E-state index contributed by atoms with van der Waals surface area (Å²) >= 11 is 0. The highest BCUT2D eigenvalue weighted by Crippen LogP contribution is 2.34. The van der Waals surface area contributed by atoms with Gasteiger partial charge in [0.15, 0.2) is 0 Å². The van der Waals surface area contributed by atoms with E-state index in [0.29, 0.717) is 31.2 Å². The van der Waals surface area contributed by atoms with Gasteiger partial charge in [-0.05, 0) is 12.3 Å². The molecule has 1 aromatic heterocycles. The molecule has 0 spiro atoms. The third-order valence-corrected chi connectivity index (χ3v) is 6.23. The molecule has 2 heterocycles. The standard InChI is InChI=1S/C16H21N3O3S/c1-3-9-23(20,21)19-10-12(2)14(11-19)16-17-15(18-22-16)13-7-5-4-6-8-13/h4-8,12,14H,3,9-11H2,1-2H3. The predicted molar refractivity (Wildman–Crippen MR) is 87.3 cm³/mol. The average Bonchev–Trinajstić information content (AvgIpc) is 3.15. The van der Waals surface area contributed by atoms with Crippen molar-refractivity contribution in [2.75, 3.05) is 18.8 Å². The van der Waals surface area contributed by atoms with E-state index < -0.39 is 10.0 Å². The molecule has 23 heavy (non-hydrogen) atoms. The maximum absolute atomic E-state index is 12.2. The van der Waals surface area contributed by atoms with Crippen molar-refractivity contribution in [3.8, 4) is 11.4 Å². The summed E-state index contributed by atoms with van der Waals surface area (Å²) < 4.78 is 31.4. The predicted octanol–water partition coefficient (Wildman–Crippen LogP) is 2.51. The Labute approximate surface area is 136 Å². The summed E-state index contributed by atoms with van der Waals surface area (Å²) in [6.45, 7) is 4.83. The van der Waals surface area contributed by atoms with Crippen molar-refractivity contribution in [1.82, 2.24) is 14.4 Å². The topological polar surface area (TPSA) is 76.3 Å². The zero-order valence-corrected chi connectivity index (χ0v) is 14.2. The quantitative estimate of drug-likeness (QED) is 0.839. The second-order valence-electron chi connectivity index (χ2n) is 6.04. The number of rotatable bonds is 5. The third kappa shape index (κ3) is 3.30. The normalized spacial score (nSPS) is 22.5. The first-order chi connectivity index (χ1) is 11.0. The maximum Gasteiger partial charge on any atom is 0.231 e. The lowest BCUT2D eigenvalue weighted by Gasteiger charge is -2.14. The molecule has 1 aliphatic rings. The van der Waals surface area contributed by atoms with Gasteiger partial charge in [-0.25, -0.2) is 12.7 Å². The van der Waals surface area contributed by atoms with Crippen LogP contribution in [-0.4, -0.2) is 41.7 Å². The van der Waals surface area contributed by atoms with E-state index in [2.05, 4.69) is 10.1 Å². The molecule has 2 atom stereocenters. The van der Waals surface area contributed by atoms with Crippen LogP contribution in [0.5, 0.6) is 0 Å². The SMILES string of the molecule is CCCS(=O)(=O)N1CC(C)C(c2nc(-c3ccccc3)no2)C1. The fraction of sp³-hybridized carbons (Fsp3) is 0.500. The second kappa shape index (κ2) is 6.41. The third-order valence-electron chi connectivity index (χ3n) is 4.23. The van der Waals surface area contributed by atoms with Gasteiger partial charge in [0.05, 0.1) is 11.7 Å². The highest BCUT2D eigenvalue weighted by atomic mass is 32.2. The Morgan fingerprint density at radius 3 is 2.70 bits per heavy atom. The van der Waals surface area contributed by atoms with Crippen LogP contribution in [0.3, 0.4) is 0 Å². The largest absolute Gasteiger partial charge is 0.339 e. The minimum Gasteiger partial charge on any atom is -0.339 e. The minimum absolute atomic E-state index is 0.0495. The fourth-order valence-electron chi connectivity index (χ4n) is 2.95. The summed E-state index contributed by atoms with van der Waals surface area (Å²) in [5.74, 6) is 1.36. The monoisotopic (exact) mass is 335 g/mol. The fourth-order valence-corrected chi connectivity index (χ4v) is 4.57. The van der Waals surface area contributed by atoms with Crippen LogP contribution in [0, 0.1) is 5.92 Å². The van der Waals surface area contributed by atoms with Crippen LogP contribution in [0.15, 0.2) is 34.9 Å². The molecular formula is C16H21N3O3S. The van der Waals surface area contributed by atoms with Gasteiger partial charge in [0, 0.05) is 18.7 Å². The second-order valence-corrected chi connectivity index (χ2v) is 8.13. The van der Waals surface area contributed by atoms with Crippen LogP contribution in [0.1, 0.15) is 32.1 Å². The first-order valence-corrected chi connectivity index (χ1v) is 9.49. The van der Waals surface area contributed by atoms with E-state index in [-0.39, 0.29) is 17.6 Å². The van der Waals surface area contributed by atoms with Gasteiger partial charge in [-0.2, -0.15) is 4.98 Å². The van der Waals surface area contributed by atoms with Crippen molar-refractivity contribution in [2.24, 2.45) is 5.92 Å². The van der Waals surface area contributed by atoms with E-state index in [1.54, 1.807) is 4.31 Å². The lowest BCUT2D eigenvalue weighted by Crippen LogP contribution is -2.31. The minimum atomic E-state index is -3.19. The molecule has 0 bridgehead atoms. The van der Waals surface area contributed by atoms with Crippen LogP contribution >= 0.6 is 0 Å². The molecule has 0 N–H and O–H groups in total. The average molecular weight is 335 g/mol. The number of aromatic nitrogens is 2. The van der Waals surface area contributed by atoms with Crippen molar-refractivity contribution in [3.63, 3.8) is 0 Å². The Balaban J connectivity index is 1.79. The van der Waals surface area contributed by atoms with Crippen molar-refractivity contribution < 1.29 is 12.9 Å². The van der Waals surface area contributed by atoms with Crippen LogP contribution in [0.25, 0.3) is 11.4 Å². The summed E-state index contributed by atoms with van der Waals surface area (Å²) in [6, 6.07) is 9.61. The van der Waals surface area contributed by atoms with E-state index in [1.165, 1.54) is 0 Å². The maximum atomic E-state index is 12.2. The van der Waals surface area contributed by atoms with E-state index in [9.17, 15) is 8.42 Å². The number of sulfonamides is 1. The molecule has 1 aromatic carbocycles. The number of hydrogen-bond donors (Lipinski definition) is 0. The number of hydrogen-bond acceptors (Lipinski definition) is 5. The molecule has 1 fully saturated rings. The van der Waals surface area contributed by atoms with Gasteiger partial charge in [0.25, 0.3) is 0 Å². The Morgan fingerprint density at radius 1 is 1.26 bits per heavy atom. The first kappa shape index (κ1) is 16.1. The van der Waals surface area contributed by atoms with Gasteiger partial charge >= 0.3 is 0 Å². The lowest BCUT2D eigenvalue weighted by atomic mass is 9.98. The molecule has 0 radical (unpaired) electrons. The Morgan fingerprint density at radius 2 is 2.00 bits per heavy atom. The molecule has 6 nitrogen and oxygen atoms in total. The molecule has 0 amide bonds. The zero-order chi connectivity index (χ0) is 16.4. The molecule has 2 unspecified atom stereocenters. The highest BCUT2D eigenvalue weighted by molar-refractivity contribution is 7.89. The van der Waals surface area contributed by atoms with E-state index in [1.807, 2.05) is 44.2 Å². The van der Waals surface area contributed by atoms with Gasteiger partial charge < -0.3 is 4.52 Å². The summed E-state index contributed by atoms with van der Waals surface area (Å²) in [7, 11) is -3.19. The molecule has 2 aromatic rings. The van der Waals surface area contributed by atoms with Crippen molar-refractivity contribution in [3.05, 3.63) is 36.2 Å². The summed E-state index contributed by atoms with van der Waals surface area (Å²) in [5, 5.41) is 4.03. The molecule has 7 heteroatoms. The Hall–Kier alpha value is -1.73. The van der Waals surface area contributed by atoms with Crippen molar-refractivity contribution >= 4 is 10.0 Å². The Kier molecular flexibility index (Phi) is 4.50. The van der Waals surface area contributed by atoms with Gasteiger partial charge in [0.2, 0.25) is 21.7 Å². The molecule has 1 aliphatic heterocycles. The lowest BCUT2D eigenvalue weighted by molar-refractivity contribution is 0.338. The molecule has 0 aliphatic carbocycles. The molecule has 0 saturated carbocycles. The van der Waals surface area contributed by atoms with Gasteiger partial charge in [0.1, 0.15) is 0 Å². The molecule has 3 rings (SSSR count). The first-order valence-electron chi connectivity index (χ1n) is 7.88. The number of nitrogens with zero attached hydrogens (tertiary/aromatic N) is 3. The van der Waals surface area contributed by atoms with Gasteiger partial charge in [-0.3, -0.25) is 0 Å². The van der Waals surface area contributed by atoms with Crippen LogP contribution in [-0.2, 0) is 10.0 Å². The van der Waals surface area contributed by atoms with E-state index >= 15 is 0 Å². The van der Waals surface area contributed by atoms with E-state index in [4.69, 9.17) is 4.52 Å². The zero-order valence-electron chi connectivity index (χ0n) is 13.3. The van der Waals surface area contributed by atoms with Crippen LogP contribution in [0.2, 0.25) is 0 Å². The van der Waals surface area contributed by atoms with Crippen molar-refractivity contribution in [1.29, 1.82) is 0 Å². The van der Waals surface area contributed by atoms with Gasteiger partial charge in [-0.15, -0.1) is 0 Å². The van der Waals surface area contributed by atoms with E-state index in [0.717, 1.165) is 5.56 Å². The molecule has 124 valence electrons. The Bertz CT molecular complexity index is 758. The van der Waals surface area contributed by atoms with Crippen LogP contribution in [0.4, 0.5) is 0 Å². The summed E-state index contributed by atoms with van der Waals surface area (Å²) in [4.78, 5) is 4.48. The van der Waals surface area contributed by atoms with Crippen LogP contribution < -0.4 is 0 Å². The summed E-state index contributed by atoms with van der Waals surface area (Å²) in [6.07, 6.45) is 0.622. The molecular weight excluding hydrogens is 314 g/mol. The number of benzene rings is 1. The highest BCUT2D eigenvalue weighted by Gasteiger charge is 2.39.